The molecule has 0 aliphatic rings. The van der Waals surface area contributed by atoms with Gasteiger partial charge in [-0.05, 0) is 49.4 Å². The standard InChI is InChI=1S/C31H31Cl2N5O5.ClH/c1-19-10-11-20-6-5-9-26(29(20)35-19)43-18-23-24(32)12-13-25(28(23)33)38(3)27(40)17-34-31(42)36-22-8-4-7-21(16-22)30(41)37(2)14-15-39;/h4-13,16,39H,14-15,17-18H2,1-3H3,(H2,34,36,42);1H. The fourth-order valence-corrected chi connectivity index (χ4v) is 4.85. The number of aryl methyl sites for hydroxylation is 1. The molecule has 4 amide bonds. The normalized spacial score (nSPS) is 10.5. The van der Waals surface area contributed by atoms with Gasteiger partial charge in [-0.25, -0.2) is 9.78 Å². The van der Waals surface area contributed by atoms with Crippen LogP contribution < -0.4 is 20.3 Å². The molecule has 0 saturated carbocycles. The number of amides is 4. The zero-order valence-corrected chi connectivity index (χ0v) is 26.6. The summed E-state index contributed by atoms with van der Waals surface area (Å²) in [4.78, 5) is 45.2. The zero-order valence-electron chi connectivity index (χ0n) is 24.3. The monoisotopic (exact) mass is 659 g/mol. The molecule has 0 atom stereocenters. The topological polar surface area (TPSA) is 124 Å². The summed E-state index contributed by atoms with van der Waals surface area (Å²) in [6.45, 7) is 1.64. The van der Waals surface area contributed by atoms with Crippen LogP contribution in [0.5, 0.6) is 5.75 Å². The van der Waals surface area contributed by atoms with Gasteiger partial charge in [0.1, 0.15) is 17.9 Å². The molecule has 1 aromatic heterocycles. The average Bonchev–Trinajstić information content (AvgIpc) is 2.99. The third-order valence-corrected chi connectivity index (χ3v) is 7.42. The smallest absolute Gasteiger partial charge is 0.319 e. The number of anilines is 2. The maximum Gasteiger partial charge on any atom is 0.319 e. The summed E-state index contributed by atoms with van der Waals surface area (Å²) in [6.07, 6.45) is 0. The van der Waals surface area contributed by atoms with Crippen molar-refractivity contribution in [2.24, 2.45) is 0 Å². The van der Waals surface area contributed by atoms with Gasteiger partial charge in [0.05, 0.1) is 23.9 Å². The maximum atomic E-state index is 13.0. The second kappa shape index (κ2) is 15.6. The van der Waals surface area contributed by atoms with E-state index in [2.05, 4.69) is 15.6 Å². The van der Waals surface area contributed by atoms with Crippen molar-refractivity contribution < 1.29 is 24.2 Å². The number of carbonyl (C=O) groups is 3. The number of nitrogens with zero attached hydrogens (tertiary/aromatic N) is 3. The van der Waals surface area contributed by atoms with Crippen LogP contribution in [0.2, 0.25) is 10.0 Å². The molecule has 0 aliphatic carbocycles. The summed E-state index contributed by atoms with van der Waals surface area (Å²) < 4.78 is 6.07. The van der Waals surface area contributed by atoms with Crippen LogP contribution in [0.3, 0.4) is 0 Å². The van der Waals surface area contributed by atoms with Gasteiger partial charge in [0.15, 0.2) is 0 Å². The van der Waals surface area contributed by atoms with Crippen molar-refractivity contribution in [3.05, 3.63) is 93.6 Å². The van der Waals surface area contributed by atoms with Crippen LogP contribution in [0, 0.1) is 6.92 Å². The van der Waals surface area contributed by atoms with Crippen LogP contribution >= 0.6 is 35.6 Å². The summed E-state index contributed by atoms with van der Waals surface area (Å²) >= 11 is 13.2. The minimum atomic E-state index is -0.634. The predicted molar refractivity (Wildman–Crippen MR) is 175 cm³/mol. The molecule has 0 aliphatic heterocycles. The quantitative estimate of drug-likeness (QED) is 0.201. The fraction of sp³-hybridized carbons (Fsp3) is 0.226. The molecule has 4 rings (SSSR count). The average molecular weight is 661 g/mol. The number of para-hydroxylation sites is 1. The van der Waals surface area contributed by atoms with Crippen LogP contribution in [0.1, 0.15) is 21.6 Å². The lowest BCUT2D eigenvalue weighted by molar-refractivity contribution is -0.117. The lowest BCUT2D eigenvalue weighted by Crippen LogP contribution is -2.40. The second-order valence-electron chi connectivity index (χ2n) is 9.72. The summed E-state index contributed by atoms with van der Waals surface area (Å²) in [7, 11) is 3.11. The van der Waals surface area contributed by atoms with Gasteiger partial charge in [-0.15, -0.1) is 12.4 Å². The highest BCUT2D eigenvalue weighted by atomic mass is 35.5. The van der Waals surface area contributed by atoms with Gasteiger partial charge >= 0.3 is 6.03 Å². The van der Waals surface area contributed by atoms with Crippen molar-refractivity contribution in [2.75, 3.05) is 44.0 Å². The minimum absolute atomic E-state index is 0. The Morgan fingerprint density at radius 1 is 1.00 bits per heavy atom. The molecule has 3 aromatic carbocycles. The Hall–Kier alpha value is -4.09. The third kappa shape index (κ3) is 8.29. The summed E-state index contributed by atoms with van der Waals surface area (Å²) in [5, 5.41) is 15.7. The first-order chi connectivity index (χ1) is 20.6. The van der Waals surface area contributed by atoms with Gasteiger partial charge in [-0.3, -0.25) is 9.59 Å². The van der Waals surface area contributed by atoms with Crippen molar-refractivity contribution in [1.82, 2.24) is 15.2 Å². The van der Waals surface area contributed by atoms with E-state index in [-0.39, 0.29) is 49.6 Å². The Labute approximate surface area is 271 Å². The number of aliphatic hydroxyl groups excluding tert-OH is 1. The van der Waals surface area contributed by atoms with Crippen LogP contribution in [0.15, 0.2) is 66.7 Å². The number of hydrogen-bond donors (Lipinski definition) is 3. The van der Waals surface area contributed by atoms with E-state index < -0.39 is 11.9 Å². The minimum Gasteiger partial charge on any atom is -0.487 e. The summed E-state index contributed by atoms with van der Waals surface area (Å²) in [5.74, 6) is -0.164. The molecule has 44 heavy (non-hydrogen) atoms. The maximum absolute atomic E-state index is 13.0. The first kappa shape index (κ1) is 34.4. The summed E-state index contributed by atoms with van der Waals surface area (Å²) in [6, 6.07) is 18.5. The number of aromatic nitrogens is 1. The lowest BCUT2D eigenvalue weighted by Gasteiger charge is -2.21. The molecule has 0 unspecified atom stereocenters. The number of ether oxygens (including phenoxy) is 1. The van der Waals surface area contributed by atoms with E-state index in [1.807, 2.05) is 37.3 Å². The third-order valence-electron chi connectivity index (χ3n) is 6.65. The predicted octanol–water partition coefficient (Wildman–Crippen LogP) is 5.70. The van der Waals surface area contributed by atoms with Gasteiger partial charge in [-0.2, -0.15) is 0 Å². The molecular formula is C31H32Cl3N5O5. The molecule has 0 saturated heterocycles. The van der Waals surface area contributed by atoms with Gasteiger partial charge in [0.25, 0.3) is 5.91 Å². The highest BCUT2D eigenvalue weighted by molar-refractivity contribution is 6.38. The highest BCUT2D eigenvalue weighted by Gasteiger charge is 2.20. The van der Waals surface area contributed by atoms with Crippen molar-refractivity contribution in [2.45, 2.75) is 13.5 Å². The van der Waals surface area contributed by atoms with Gasteiger partial charge in [-0.1, -0.05) is 47.5 Å². The van der Waals surface area contributed by atoms with Crippen LogP contribution in [-0.4, -0.2) is 66.6 Å². The summed E-state index contributed by atoms with van der Waals surface area (Å²) in [5.41, 5.74) is 3.17. The van der Waals surface area contributed by atoms with Crippen LogP contribution in [-0.2, 0) is 11.4 Å². The molecule has 4 aromatic rings. The van der Waals surface area contributed by atoms with Crippen molar-refractivity contribution in [1.29, 1.82) is 0 Å². The Morgan fingerprint density at radius 3 is 2.50 bits per heavy atom. The van der Waals surface area contributed by atoms with Crippen LogP contribution in [0.25, 0.3) is 10.9 Å². The number of hydrogen-bond acceptors (Lipinski definition) is 6. The molecule has 3 N–H and O–H groups in total. The Bertz CT molecular complexity index is 1670. The molecule has 1 heterocycles. The first-order valence-electron chi connectivity index (χ1n) is 13.3. The van der Waals surface area contributed by atoms with Gasteiger partial charge in [0.2, 0.25) is 5.91 Å². The SMILES string of the molecule is Cc1ccc2cccc(OCc3c(Cl)ccc(N(C)C(=O)CNC(=O)Nc4cccc(C(=O)N(C)CCO)c4)c3Cl)c2n1.Cl. The van der Waals surface area contributed by atoms with E-state index in [4.69, 9.17) is 33.0 Å². The number of rotatable bonds is 10. The fourth-order valence-electron chi connectivity index (χ4n) is 4.25. The Morgan fingerprint density at radius 2 is 1.75 bits per heavy atom. The van der Waals surface area contributed by atoms with Gasteiger partial charge < -0.3 is 30.3 Å². The number of fused-ring (bicyclic) bond motifs is 1. The Balaban J connectivity index is 0.00000529. The second-order valence-corrected chi connectivity index (χ2v) is 10.5. The molecule has 13 heteroatoms. The highest BCUT2D eigenvalue weighted by Crippen LogP contribution is 2.35. The number of nitrogens with one attached hydrogen (secondary N) is 2. The molecule has 232 valence electrons. The molecular weight excluding hydrogens is 629 g/mol. The van der Waals surface area contributed by atoms with E-state index in [1.54, 1.807) is 37.4 Å². The van der Waals surface area contributed by atoms with Gasteiger partial charge in [0, 0.05) is 53.6 Å². The van der Waals surface area contributed by atoms with Crippen molar-refractivity contribution in [3.63, 3.8) is 0 Å². The zero-order chi connectivity index (χ0) is 31.1. The molecule has 0 spiro atoms. The van der Waals surface area contributed by atoms with Crippen molar-refractivity contribution in [3.8, 4) is 5.75 Å². The number of urea groups is 1. The lowest BCUT2D eigenvalue weighted by atomic mass is 10.1. The number of pyridine rings is 1. The molecule has 0 bridgehead atoms. The molecule has 10 nitrogen and oxygen atoms in total. The van der Waals surface area contributed by atoms with E-state index in [0.29, 0.717) is 33.3 Å². The molecule has 0 fully saturated rings. The number of benzene rings is 3. The van der Waals surface area contributed by atoms with E-state index in [0.717, 1.165) is 16.6 Å². The first-order valence-corrected chi connectivity index (χ1v) is 14.1. The number of halogens is 3. The largest absolute Gasteiger partial charge is 0.487 e. The van der Waals surface area contributed by atoms with Crippen molar-refractivity contribution >= 4 is 75.7 Å². The van der Waals surface area contributed by atoms with E-state index in [1.165, 1.54) is 22.9 Å². The van der Waals surface area contributed by atoms with Crippen LogP contribution in [0.4, 0.5) is 16.2 Å². The number of likely N-dealkylation sites (N-methyl/N-ethyl adjacent to an activating group) is 2. The Kier molecular flexibility index (Phi) is 12.2. The number of carbonyl (C=O) groups excluding carboxylic acids is 3. The van der Waals surface area contributed by atoms with E-state index >= 15 is 0 Å². The number of aliphatic hydroxyl groups is 1. The van der Waals surface area contributed by atoms with E-state index in [9.17, 15) is 14.4 Å². The molecule has 0 radical (unpaired) electrons.